The monoisotopic (exact) mass is 1120 g/mol. The molecule has 0 saturated heterocycles. The van der Waals surface area contributed by atoms with E-state index in [1.807, 2.05) is 0 Å². The van der Waals surface area contributed by atoms with Crippen molar-refractivity contribution in [2.45, 2.75) is 322 Å². The summed E-state index contributed by atoms with van der Waals surface area (Å²) >= 11 is 0. The average molecular weight is 1120 g/mol. The van der Waals surface area contributed by atoms with Gasteiger partial charge in [0.2, 0.25) is 0 Å². The summed E-state index contributed by atoms with van der Waals surface area (Å²) in [6.07, 6.45) is 94.9. The van der Waals surface area contributed by atoms with Gasteiger partial charge in [-0.2, -0.15) is 0 Å². The molecule has 6 nitrogen and oxygen atoms in total. The summed E-state index contributed by atoms with van der Waals surface area (Å²) in [5.41, 5.74) is 0. The second-order valence-electron chi connectivity index (χ2n) is 22.3. The van der Waals surface area contributed by atoms with Crippen LogP contribution in [0, 0.1) is 0 Å². The van der Waals surface area contributed by atoms with E-state index < -0.39 is 6.10 Å². The van der Waals surface area contributed by atoms with Crippen molar-refractivity contribution in [3.05, 3.63) is 122 Å². The molecule has 0 N–H and O–H groups in total. The third-order valence-electron chi connectivity index (χ3n) is 14.4. The number of hydrogen-bond acceptors (Lipinski definition) is 6. The van der Waals surface area contributed by atoms with Crippen molar-refractivity contribution in [3.8, 4) is 0 Å². The number of rotatable bonds is 61. The van der Waals surface area contributed by atoms with Gasteiger partial charge in [-0.05, 0) is 128 Å². The molecule has 0 aliphatic heterocycles. The molecule has 0 bridgehead atoms. The van der Waals surface area contributed by atoms with Crippen LogP contribution in [0.15, 0.2) is 122 Å². The van der Waals surface area contributed by atoms with E-state index in [0.717, 1.165) is 128 Å². The molecule has 0 aromatic carbocycles. The van der Waals surface area contributed by atoms with Gasteiger partial charge in [0.15, 0.2) is 6.10 Å². The zero-order valence-corrected chi connectivity index (χ0v) is 53.0. The molecule has 0 aliphatic rings. The summed E-state index contributed by atoms with van der Waals surface area (Å²) in [4.78, 5) is 38.5. The molecule has 6 heteroatoms. The maximum atomic E-state index is 13.0. The Morgan fingerprint density at radius 1 is 0.259 bits per heavy atom. The molecule has 0 rings (SSSR count). The molecule has 0 aromatic heterocycles. The largest absolute Gasteiger partial charge is 0.462 e. The maximum Gasteiger partial charge on any atom is 0.306 e. The van der Waals surface area contributed by atoms with Crippen molar-refractivity contribution < 1.29 is 28.6 Å². The Morgan fingerprint density at radius 3 is 0.753 bits per heavy atom. The smallest absolute Gasteiger partial charge is 0.306 e. The molecule has 81 heavy (non-hydrogen) atoms. The minimum atomic E-state index is -0.794. The van der Waals surface area contributed by atoms with Crippen LogP contribution in [0.4, 0.5) is 0 Å². The van der Waals surface area contributed by atoms with Crippen LogP contribution in [0.1, 0.15) is 316 Å². The van der Waals surface area contributed by atoms with Crippen molar-refractivity contribution in [2.75, 3.05) is 13.2 Å². The molecule has 0 spiro atoms. The minimum absolute atomic E-state index is 0.0876. The number of hydrogen-bond donors (Lipinski definition) is 0. The molecule has 0 heterocycles. The predicted octanol–water partition coefficient (Wildman–Crippen LogP) is 23.6. The Labute approximate surface area is 501 Å². The van der Waals surface area contributed by atoms with Gasteiger partial charge in [0.25, 0.3) is 0 Å². The fourth-order valence-corrected chi connectivity index (χ4v) is 9.40. The van der Waals surface area contributed by atoms with Crippen molar-refractivity contribution >= 4 is 17.9 Å². The molecule has 0 amide bonds. The van der Waals surface area contributed by atoms with Crippen LogP contribution in [0.2, 0.25) is 0 Å². The van der Waals surface area contributed by atoms with Gasteiger partial charge >= 0.3 is 17.9 Å². The highest BCUT2D eigenvalue weighted by atomic mass is 16.6. The third-order valence-corrected chi connectivity index (χ3v) is 14.4. The summed E-state index contributed by atoms with van der Waals surface area (Å²) in [5.74, 6) is -0.898. The summed E-state index contributed by atoms with van der Waals surface area (Å²) in [6, 6.07) is 0. The number of ether oxygens (including phenoxy) is 3. The van der Waals surface area contributed by atoms with E-state index in [4.69, 9.17) is 14.2 Å². The Hall–Kier alpha value is -4.19. The quantitative estimate of drug-likeness (QED) is 0.0261. The Morgan fingerprint density at radius 2 is 0.481 bits per heavy atom. The first kappa shape index (κ1) is 76.8. The van der Waals surface area contributed by atoms with E-state index >= 15 is 0 Å². The van der Waals surface area contributed by atoms with Crippen LogP contribution in [-0.4, -0.2) is 37.2 Å². The molecule has 1 unspecified atom stereocenters. The van der Waals surface area contributed by atoms with Crippen LogP contribution in [0.3, 0.4) is 0 Å². The molecule has 0 radical (unpaired) electrons. The van der Waals surface area contributed by atoms with Gasteiger partial charge in [0, 0.05) is 19.3 Å². The van der Waals surface area contributed by atoms with Crippen LogP contribution >= 0.6 is 0 Å². The molecule has 0 aromatic rings. The van der Waals surface area contributed by atoms with Gasteiger partial charge in [-0.15, -0.1) is 0 Å². The highest BCUT2D eigenvalue weighted by Crippen LogP contribution is 2.16. The Bertz CT molecular complexity index is 1670. The normalized spacial score (nSPS) is 12.9. The van der Waals surface area contributed by atoms with E-state index in [-0.39, 0.29) is 31.1 Å². The van der Waals surface area contributed by atoms with Crippen LogP contribution in [0.5, 0.6) is 0 Å². The van der Waals surface area contributed by atoms with Crippen LogP contribution in [-0.2, 0) is 28.6 Å². The molecular weight excluding hydrogens is 997 g/mol. The van der Waals surface area contributed by atoms with Gasteiger partial charge in [-0.3, -0.25) is 14.4 Å². The minimum Gasteiger partial charge on any atom is -0.462 e. The second-order valence-corrected chi connectivity index (χ2v) is 22.3. The number of allylic oxidation sites excluding steroid dienone is 20. The lowest BCUT2D eigenvalue weighted by Crippen LogP contribution is -2.30. The topological polar surface area (TPSA) is 78.9 Å². The van der Waals surface area contributed by atoms with Crippen molar-refractivity contribution in [3.63, 3.8) is 0 Å². The number of carbonyl (C=O) groups is 3. The summed E-state index contributed by atoms with van der Waals surface area (Å²) < 4.78 is 17.0. The van der Waals surface area contributed by atoms with Gasteiger partial charge in [0.1, 0.15) is 13.2 Å². The fourth-order valence-electron chi connectivity index (χ4n) is 9.40. The van der Waals surface area contributed by atoms with E-state index in [1.165, 1.54) is 148 Å². The highest BCUT2D eigenvalue weighted by Gasteiger charge is 2.19. The molecule has 462 valence electrons. The number of esters is 3. The Kier molecular flexibility index (Phi) is 64.8. The van der Waals surface area contributed by atoms with Crippen molar-refractivity contribution in [1.82, 2.24) is 0 Å². The van der Waals surface area contributed by atoms with E-state index in [9.17, 15) is 14.4 Å². The van der Waals surface area contributed by atoms with E-state index in [2.05, 4.69) is 142 Å². The molecule has 1 atom stereocenters. The number of unbranched alkanes of at least 4 members (excludes halogenated alkanes) is 30. The predicted molar refractivity (Wildman–Crippen MR) is 353 cm³/mol. The molecule has 0 aliphatic carbocycles. The van der Waals surface area contributed by atoms with Crippen LogP contribution in [0.25, 0.3) is 0 Å². The lowest BCUT2D eigenvalue weighted by molar-refractivity contribution is -0.167. The molecular formula is C75H126O6. The van der Waals surface area contributed by atoms with E-state index in [1.54, 1.807) is 0 Å². The average Bonchev–Trinajstić information content (AvgIpc) is 3.47. The number of carbonyl (C=O) groups excluding carboxylic acids is 3. The zero-order chi connectivity index (χ0) is 58.5. The van der Waals surface area contributed by atoms with Gasteiger partial charge in [0.05, 0.1) is 0 Å². The zero-order valence-electron chi connectivity index (χ0n) is 53.0. The maximum absolute atomic E-state index is 13.0. The third kappa shape index (κ3) is 66.5. The first-order valence-electron chi connectivity index (χ1n) is 34.0. The van der Waals surface area contributed by atoms with Gasteiger partial charge in [-0.25, -0.2) is 0 Å². The second kappa shape index (κ2) is 68.3. The Balaban J connectivity index is 4.43. The van der Waals surface area contributed by atoms with Crippen molar-refractivity contribution in [2.24, 2.45) is 0 Å². The van der Waals surface area contributed by atoms with Gasteiger partial charge < -0.3 is 14.2 Å². The lowest BCUT2D eigenvalue weighted by atomic mass is 10.1. The first-order chi connectivity index (χ1) is 40.0. The standard InChI is InChI=1S/C75H126O6/c1-4-7-10-13-16-19-22-25-28-31-34-37-40-43-46-49-52-55-58-61-64-67-73(76)79-70-72(81-75(78)69-66-63-60-57-54-51-48-45-42-39-36-33-30-27-24-21-18-15-12-9-6-3)71-80-74(77)68-65-62-59-56-53-50-47-44-41-38-35-32-29-26-23-20-17-14-11-8-5-2/h7,9-10,12,16,18-19,21,23,25-28,30,32,34-37,39,72H,4-6,8,11,13-15,17,20,22,24,29,31,33,38,40-71H2,1-3H3/b10-7-,12-9-,19-16-,21-18-,26-23-,28-25-,30-27-,35-32-,37-34-,39-36-. The SMILES string of the molecule is CC/C=C\C/C=C\C/C=C\C/C=C\CCCCCCCCCCC(=O)OCC(COC(=O)CCCCCCCCCCC/C=C\C/C=C\CCCCCCC)OC(=O)CCCCCCCCCC/C=C\C/C=C\C/C=C\C/C=C\CC. The summed E-state index contributed by atoms with van der Waals surface area (Å²) in [5, 5.41) is 0. The van der Waals surface area contributed by atoms with E-state index in [0.29, 0.717) is 19.3 Å². The van der Waals surface area contributed by atoms with Crippen molar-refractivity contribution in [1.29, 1.82) is 0 Å². The van der Waals surface area contributed by atoms with Crippen LogP contribution < -0.4 is 0 Å². The van der Waals surface area contributed by atoms with Gasteiger partial charge in [-0.1, -0.05) is 290 Å². The molecule has 0 saturated carbocycles. The lowest BCUT2D eigenvalue weighted by Gasteiger charge is -2.18. The summed E-state index contributed by atoms with van der Waals surface area (Å²) in [6.45, 7) is 6.42. The molecule has 0 fully saturated rings. The summed E-state index contributed by atoms with van der Waals surface area (Å²) in [7, 11) is 0. The first-order valence-corrected chi connectivity index (χ1v) is 34.0. The highest BCUT2D eigenvalue weighted by molar-refractivity contribution is 5.71. The fraction of sp³-hybridized carbons (Fsp3) is 0.693.